The summed E-state index contributed by atoms with van der Waals surface area (Å²) in [6, 6.07) is -0.756. The van der Waals surface area contributed by atoms with Gasteiger partial charge in [-0.25, -0.2) is 15.1 Å². The Morgan fingerprint density at radius 1 is 1.33 bits per heavy atom. The molecule has 0 saturated heterocycles. The van der Waals surface area contributed by atoms with Crippen molar-refractivity contribution >= 4 is 37.4 Å². The fourth-order valence-corrected chi connectivity index (χ4v) is 2.65. The topological polar surface area (TPSA) is 152 Å². The monoisotopic (exact) mass is 400 g/mol. The predicted octanol–water partition coefficient (Wildman–Crippen LogP) is -0.243. The molecule has 0 aromatic carbocycles. The van der Waals surface area contributed by atoms with Gasteiger partial charge >= 0.3 is 0 Å². The molecule has 10 nitrogen and oxygen atoms in total. The Balaban J connectivity index is 4.70. The lowest BCUT2D eigenvalue weighted by Crippen LogP contribution is -2.50. The summed E-state index contributed by atoms with van der Waals surface area (Å²) in [4.78, 5) is 38.4. The van der Waals surface area contributed by atoms with Crippen LogP contribution in [0.2, 0.25) is 0 Å². The second kappa shape index (κ2) is 14.1. The molecule has 0 aliphatic heterocycles. The summed E-state index contributed by atoms with van der Waals surface area (Å²) in [6.07, 6.45) is 1.32. The molecular weight excluding hydrogens is 371 g/mol. The normalized spacial score (nSPS) is 13.7. The maximum atomic E-state index is 12.4. The zero-order chi connectivity index (χ0) is 20.8. The average Bonchev–Trinajstić information content (AvgIpc) is 2.53. The number of thioether (sulfide) groups is 1. The number of hydrazine groups is 1. The minimum Gasteiger partial charge on any atom is -0.365 e. The van der Waals surface area contributed by atoms with Crippen LogP contribution in [0.5, 0.6) is 0 Å². The van der Waals surface area contributed by atoms with Crippen LogP contribution < -0.4 is 21.8 Å². The first kappa shape index (κ1) is 25.0. The molecule has 0 heterocycles. The zero-order valence-electron chi connectivity index (χ0n) is 16.1. The van der Waals surface area contributed by atoms with Gasteiger partial charge in [-0.15, -0.1) is 0 Å². The lowest BCUT2D eigenvalue weighted by Gasteiger charge is -2.22. The molecule has 5 N–H and O–H groups in total. The molecule has 2 amide bonds. The van der Waals surface area contributed by atoms with E-state index >= 15 is 0 Å². The van der Waals surface area contributed by atoms with Gasteiger partial charge in [0.2, 0.25) is 11.8 Å². The van der Waals surface area contributed by atoms with Crippen LogP contribution in [0.3, 0.4) is 0 Å². The Labute approximate surface area is 165 Å². The number of carbonyl (C=O) groups excluding carboxylic acids is 2. The summed E-state index contributed by atoms with van der Waals surface area (Å²) in [5, 5.41) is 14.8. The molecule has 0 unspecified atom stereocenters. The summed E-state index contributed by atoms with van der Waals surface area (Å²) in [5.41, 5.74) is 7.06. The van der Waals surface area contributed by atoms with Crippen LogP contribution in [0.1, 0.15) is 40.0 Å². The smallest absolute Gasteiger partial charge is 0.251 e. The van der Waals surface area contributed by atoms with E-state index in [0.29, 0.717) is 25.2 Å². The number of nitrogens with two attached hydrogens (primary N) is 1. The first-order chi connectivity index (χ1) is 12.6. The van der Waals surface area contributed by atoms with Gasteiger partial charge in [0.1, 0.15) is 6.04 Å². The summed E-state index contributed by atoms with van der Waals surface area (Å²) in [7, 11) is 5.91. The van der Waals surface area contributed by atoms with Crippen LogP contribution in [0.25, 0.3) is 0 Å². The van der Waals surface area contributed by atoms with Gasteiger partial charge in [-0.1, -0.05) is 26.2 Å². The summed E-state index contributed by atoms with van der Waals surface area (Å²) < 4.78 is 0. The van der Waals surface area contributed by atoms with Crippen LogP contribution in [0, 0.1) is 16.0 Å². The molecule has 0 aromatic rings. The van der Waals surface area contributed by atoms with Gasteiger partial charge in [-0.3, -0.25) is 9.59 Å². The first-order valence-electron chi connectivity index (χ1n) is 8.79. The van der Waals surface area contributed by atoms with Crippen LogP contribution in [-0.4, -0.2) is 60.7 Å². The van der Waals surface area contributed by atoms with E-state index < -0.39 is 17.0 Å². The molecule has 2 atom stereocenters. The lowest BCUT2D eigenvalue weighted by molar-refractivity contribution is -0.525. The molecule has 0 spiro atoms. The van der Waals surface area contributed by atoms with E-state index in [9.17, 15) is 19.7 Å². The van der Waals surface area contributed by atoms with Crippen LogP contribution in [-0.2, 0) is 9.59 Å². The van der Waals surface area contributed by atoms with Gasteiger partial charge in [0.05, 0.1) is 13.6 Å². The third kappa shape index (κ3) is 13.8. The van der Waals surface area contributed by atoms with Gasteiger partial charge in [-0.05, 0) is 36.9 Å². The van der Waals surface area contributed by atoms with E-state index in [0.717, 1.165) is 5.75 Å². The Hall–Kier alpha value is -1.98. The number of guanidine groups is 1. The molecular formula is C15H29BN6O4S. The highest BCUT2D eigenvalue weighted by Crippen LogP contribution is 2.05. The molecule has 2 radical (unpaired) electrons. The average molecular weight is 400 g/mol. The fraction of sp³-hybridized carbons (Fsp3) is 0.800. The number of rotatable bonds is 13. The van der Waals surface area contributed by atoms with Gasteiger partial charge in [0.15, 0.2) is 5.03 Å². The van der Waals surface area contributed by atoms with Crippen molar-refractivity contribution < 1.29 is 14.6 Å². The van der Waals surface area contributed by atoms with Crippen molar-refractivity contribution in [3.8, 4) is 0 Å². The number of nitrogens with one attached hydrogen (secondary N) is 3. The summed E-state index contributed by atoms with van der Waals surface area (Å²) in [5.74, 6) is -0.0447. The molecule has 12 heteroatoms. The summed E-state index contributed by atoms with van der Waals surface area (Å²) >= 11 is 1.45. The van der Waals surface area contributed by atoms with Crippen molar-refractivity contribution in [2.45, 2.75) is 52.0 Å². The van der Waals surface area contributed by atoms with Crippen molar-refractivity contribution in [2.24, 2.45) is 16.6 Å². The standard InChI is InChI=1S/C15H29BN6O4S/c1-4-27-9-13(23)19-11(14(24)20-12(16)8-10(2)3)6-5-7-18-15(17)21-22(25)26/h10-12H,4-9H2,1-3H3,(H,19,23)(H,20,24)(H3,17,18,21)/t11-,12-/m0/s1. The van der Waals surface area contributed by atoms with Crippen molar-refractivity contribution in [3.05, 3.63) is 10.1 Å². The molecule has 152 valence electrons. The second-order valence-corrected chi connectivity index (χ2v) is 7.55. The molecule has 0 aliphatic rings. The first-order valence-corrected chi connectivity index (χ1v) is 9.95. The number of aliphatic imine (C=N–C) groups is 1. The Morgan fingerprint density at radius 2 is 2.00 bits per heavy atom. The van der Waals surface area contributed by atoms with Crippen LogP contribution in [0.4, 0.5) is 0 Å². The van der Waals surface area contributed by atoms with Crippen molar-refractivity contribution in [1.82, 2.24) is 16.1 Å². The second-order valence-electron chi connectivity index (χ2n) is 6.28. The predicted molar refractivity (Wildman–Crippen MR) is 108 cm³/mol. The van der Waals surface area contributed by atoms with Gasteiger partial charge in [0, 0.05) is 6.54 Å². The number of hydrogen-bond donors (Lipinski definition) is 4. The molecule has 0 saturated carbocycles. The van der Waals surface area contributed by atoms with Crippen LogP contribution in [0.15, 0.2) is 4.99 Å². The Morgan fingerprint density at radius 3 is 2.56 bits per heavy atom. The summed E-state index contributed by atoms with van der Waals surface area (Å²) in [6.45, 7) is 6.10. The van der Waals surface area contributed by atoms with Crippen molar-refractivity contribution in [3.63, 3.8) is 0 Å². The highest BCUT2D eigenvalue weighted by Gasteiger charge is 2.21. The minimum atomic E-state index is -0.809. The number of nitro groups is 1. The third-order valence-electron chi connectivity index (χ3n) is 3.28. The number of amides is 2. The maximum Gasteiger partial charge on any atom is 0.251 e. The highest BCUT2D eigenvalue weighted by atomic mass is 32.2. The van der Waals surface area contributed by atoms with E-state index in [2.05, 4.69) is 15.6 Å². The lowest BCUT2D eigenvalue weighted by atomic mass is 9.88. The molecule has 0 aliphatic carbocycles. The largest absolute Gasteiger partial charge is 0.365 e. The van der Waals surface area contributed by atoms with E-state index in [1.165, 1.54) is 11.8 Å². The quantitative estimate of drug-likeness (QED) is 0.0831. The van der Waals surface area contributed by atoms with E-state index in [-0.39, 0.29) is 30.1 Å². The highest BCUT2D eigenvalue weighted by molar-refractivity contribution is 7.99. The van der Waals surface area contributed by atoms with E-state index in [1.54, 1.807) is 5.43 Å². The van der Waals surface area contributed by atoms with Gasteiger partial charge < -0.3 is 16.4 Å². The minimum absolute atomic E-state index is 0.175. The number of carbonyl (C=O) groups is 2. The van der Waals surface area contributed by atoms with Gasteiger partial charge in [-0.2, -0.15) is 11.8 Å². The van der Waals surface area contributed by atoms with Crippen molar-refractivity contribution in [2.75, 3.05) is 18.1 Å². The fourth-order valence-electron chi connectivity index (χ4n) is 2.17. The van der Waals surface area contributed by atoms with Crippen LogP contribution >= 0.6 is 11.8 Å². The molecule has 0 bridgehead atoms. The molecule has 0 aromatic heterocycles. The number of nitrogens with zero attached hydrogens (tertiary/aromatic N) is 2. The molecule has 0 fully saturated rings. The maximum absolute atomic E-state index is 12.4. The SMILES string of the molecule is [B][C@H](CC(C)C)NC(=O)[C@H](CCCN=C(N)N[N+](=O)[O-])NC(=O)CSCC. The third-order valence-corrected chi connectivity index (χ3v) is 4.16. The van der Waals surface area contributed by atoms with Gasteiger partial charge in [0.25, 0.3) is 5.96 Å². The Kier molecular flexibility index (Phi) is 13.1. The Bertz CT molecular complexity index is 521. The van der Waals surface area contributed by atoms with E-state index in [4.69, 9.17) is 13.6 Å². The van der Waals surface area contributed by atoms with Crippen molar-refractivity contribution in [1.29, 1.82) is 0 Å². The zero-order valence-corrected chi connectivity index (χ0v) is 16.9. The molecule has 27 heavy (non-hydrogen) atoms. The number of hydrogen-bond acceptors (Lipinski definition) is 6. The molecule has 0 rings (SSSR count). The van der Waals surface area contributed by atoms with E-state index in [1.807, 2.05) is 20.8 Å².